The molecule has 0 radical (unpaired) electrons. The van der Waals surface area contributed by atoms with E-state index in [1.54, 1.807) is 13.3 Å². The van der Waals surface area contributed by atoms with Crippen LogP contribution in [0.5, 0.6) is 5.75 Å². The van der Waals surface area contributed by atoms with Crippen molar-refractivity contribution in [2.24, 2.45) is 0 Å². The summed E-state index contributed by atoms with van der Waals surface area (Å²) in [5.74, 6) is 2.03. The summed E-state index contributed by atoms with van der Waals surface area (Å²) in [5.41, 5.74) is 0.714. The number of carbonyl (C=O) groups excluding carboxylic acids is 1. The maximum atomic E-state index is 12.0. The van der Waals surface area contributed by atoms with Crippen LogP contribution in [-0.4, -0.2) is 36.8 Å². The molecule has 2 rings (SSSR count). The van der Waals surface area contributed by atoms with E-state index in [1.807, 2.05) is 36.4 Å². The summed E-state index contributed by atoms with van der Waals surface area (Å²) in [7, 11) is 1.63. The van der Waals surface area contributed by atoms with Gasteiger partial charge < -0.3 is 15.0 Å². The van der Waals surface area contributed by atoms with Crippen molar-refractivity contribution in [3.05, 3.63) is 42.6 Å². The van der Waals surface area contributed by atoms with Gasteiger partial charge in [-0.05, 0) is 50.2 Å². The van der Waals surface area contributed by atoms with Crippen LogP contribution in [0.4, 0.5) is 11.5 Å². The molecule has 0 atom stereocenters. The van der Waals surface area contributed by atoms with Crippen molar-refractivity contribution in [3.8, 4) is 5.75 Å². The van der Waals surface area contributed by atoms with Gasteiger partial charge >= 0.3 is 0 Å². The lowest BCUT2D eigenvalue weighted by Gasteiger charge is -2.19. The van der Waals surface area contributed by atoms with Crippen LogP contribution in [0.3, 0.4) is 0 Å². The zero-order valence-corrected chi connectivity index (χ0v) is 15.1. The van der Waals surface area contributed by atoms with E-state index in [9.17, 15) is 4.79 Å². The standard InChI is InChI=1S/C18H23N3O2S/c1-4-21(5-2)17-11-6-14(12-19-17)20-18(22)13-24-16-9-7-15(23-3)8-10-16/h6-12H,4-5,13H2,1-3H3,(H,20,22). The van der Waals surface area contributed by atoms with Gasteiger partial charge in [0.05, 0.1) is 24.7 Å². The molecular weight excluding hydrogens is 322 g/mol. The molecule has 1 aromatic heterocycles. The fourth-order valence-electron chi connectivity index (χ4n) is 2.21. The Kier molecular flexibility index (Phi) is 6.93. The van der Waals surface area contributed by atoms with Crippen LogP contribution in [0.1, 0.15) is 13.8 Å². The van der Waals surface area contributed by atoms with Crippen molar-refractivity contribution in [2.75, 3.05) is 36.2 Å². The van der Waals surface area contributed by atoms with Crippen LogP contribution in [0.2, 0.25) is 0 Å². The lowest BCUT2D eigenvalue weighted by molar-refractivity contribution is -0.113. The molecule has 2 aromatic rings. The van der Waals surface area contributed by atoms with E-state index in [1.165, 1.54) is 11.8 Å². The molecule has 0 aliphatic rings. The largest absolute Gasteiger partial charge is 0.497 e. The molecule has 0 saturated heterocycles. The predicted octanol–water partition coefficient (Wildman–Crippen LogP) is 3.67. The number of hydrogen-bond donors (Lipinski definition) is 1. The molecule has 6 heteroatoms. The summed E-state index contributed by atoms with van der Waals surface area (Å²) in [6.45, 7) is 6.01. The van der Waals surface area contributed by atoms with Crippen molar-refractivity contribution in [3.63, 3.8) is 0 Å². The molecule has 0 fully saturated rings. The number of aromatic nitrogens is 1. The van der Waals surface area contributed by atoms with Gasteiger partial charge in [0.25, 0.3) is 0 Å². The predicted molar refractivity (Wildman–Crippen MR) is 100 cm³/mol. The van der Waals surface area contributed by atoms with Gasteiger partial charge in [0.15, 0.2) is 0 Å². The second kappa shape index (κ2) is 9.17. The topological polar surface area (TPSA) is 54.5 Å². The number of amides is 1. The molecule has 5 nitrogen and oxygen atoms in total. The highest BCUT2D eigenvalue weighted by Gasteiger charge is 2.06. The molecule has 1 aromatic carbocycles. The minimum atomic E-state index is -0.0480. The highest BCUT2D eigenvalue weighted by molar-refractivity contribution is 8.00. The highest BCUT2D eigenvalue weighted by Crippen LogP contribution is 2.21. The van der Waals surface area contributed by atoms with Crippen LogP contribution >= 0.6 is 11.8 Å². The second-order valence-electron chi connectivity index (χ2n) is 5.09. The van der Waals surface area contributed by atoms with Crippen LogP contribution in [0.25, 0.3) is 0 Å². The Hall–Kier alpha value is -2.21. The molecule has 1 amide bonds. The first-order chi connectivity index (χ1) is 11.7. The second-order valence-corrected chi connectivity index (χ2v) is 6.14. The van der Waals surface area contributed by atoms with Gasteiger partial charge in [0, 0.05) is 18.0 Å². The van der Waals surface area contributed by atoms with Gasteiger partial charge in [0.1, 0.15) is 11.6 Å². The average Bonchev–Trinajstić information content (AvgIpc) is 2.63. The maximum absolute atomic E-state index is 12.0. The third-order valence-corrected chi connectivity index (χ3v) is 4.56. The number of nitrogens with zero attached hydrogens (tertiary/aromatic N) is 2. The SMILES string of the molecule is CCN(CC)c1ccc(NC(=O)CSc2ccc(OC)cc2)cn1. The average molecular weight is 345 g/mol. The molecule has 0 aliphatic heterocycles. The third-order valence-electron chi connectivity index (χ3n) is 3.55. The number of anilines is 2. The zero-order chi connectivity index (χ0) is 17.4. The van der Waals surface area contributed by atoms with Gasteiger partial charge in [-0.1, -0.05) is 0 Å². The summed E-state index contributed by atoms with van der Waals surface area (Å²) in [4.78, 5) is 19.6. The fraction of sp³-hybridized carbons (Fsp3) is 0.333. The summed E-state index contributed by atoms with van der Waals surface area (Å²) in [6.07, 6.45) is 1.70. The Morgan fingerprint density at radius 2 is 1.88 bits per heavy atom. The molecule has 128 valence electrons. The molecular formula is C18H23N3O2S. The number of rotatable bonds is 8. The number of benzene rings is 1. The minimum absolute atomic E-state index is 0.0480. The van der Waals surface area contributed by atoms with Gasteiger partial charge in [-0.15, -0.1) is 11.8 Å². The van der Waals surface area contributed by atoms with Gasteiger partial charge in [0.2, 0.25) is 5.91 Å². The summed E-state index contributed by atoms with van der Waals surface area (Å²) in [5, 5.41) is 2.87. The Morgan fingerprint density at radius 3 is 2.42 bits per heavy atom. The Bertz CT molecular complexity index is 640. The molecule has 24 heavy (non-hydrogen) atoms. The van der Waals surface area contributed by atoms with Crippen molar-refractivity contribution in [1.82, 2.24) is 4.98 Å². The number of nitrogens with one attached hydrogen (secondary N) is 1. The number of methoxy groups -OCH3 is 1. The number of hydrogen-bond acceptors (Lipinski definition) is 5. The van der Waals surface area contributed by atoms with E-state index in [4.69, 9.17) is 4.74 Å². The van der Waals surface area contributed by atoms with Crippen LogP contribution < -0.4 is 15.0 Å². The van der Waals surface area contributed by atoms with E-state index < -0.39 is 0 Å². The fourth-order valence-corrected chi connectivity index (χ4v) is 2.91. The van der Waals surface area contributed by atoms with Crippen molar-refractivity contribution < 1.29 is 9.53 Å². The van der Waals surface area contributed by atoms with E-state index in [0.29, 0.717) is 11.4 Å². The molecule has 0 aliphatic carbocycles. The third kappa shape index (κ3) is 5.16. The normalized spacial score (nSPS) is 10.3. The summed E-state index contributed by atoms with van der Waals surface area (Å²) < 4.78 is 5.12. The Labute approximate surface area is 147 Å². The molecule has 0 unspecified atom stereocenters. The summed E-state index contributed by atoms with van der Waals surface area (Å²) >= 11 is 1.49. The number of thioether (sulfide) groups is 1. The molecule has 0 spiro atoms. The molecule has 1 N–H and O–H groups in total. The van der Waals surface area contributed by atoms with Crippen molar-refractivity contribution in [2.45, 2.75) is 18.7 Å². The minimum Gasteiger partial charge on any atom is -0.497 e. The lowest BCUT2D eigenvalue weighted by Crippen LogP contribution is -2.23. The molecule has 0 saturated carbocycles. The summed E-state index contributed by atoms with van der Waals surface area (Å²) in [6, 6.07) is 11.5. The van der Waals surface area contributed by atoms with Gasteiger partial charge in [-0.25, -0.2) is 4.98 Å². The Balaban J connectivity index is 1.85. The van der Waals surface area contributed by atoms with Crippen molar-refractivity contribution in [1.29, 1.82) is 0 Å². The number of carbonyl (C=O) groups is 1. The van der Waals surface area contributed by atoms with Crippen LogP contribution in [-0.2, 0) is 4.79 Å². The highest BCUT2D eigenvalue weighted by atomic mass is 32.2. The quantitative estimate of drug-likeness (QED) is 0.740. The zero-order valence-electron chi connectivity index (χ0n) is 14.3. The first-order valence-electron chi connectivity index (χ1n) is 7.94. The monoisotopic (exact) mass is 345 g/mol. The first kappa shape index (κ1) is 18.1. The van der Waals surface area contributed by atoms with Gasteiger partial charge in [-0.2, -0.15) is 0 Å². The lowest BCUT2D eigenvalue weighted by atomic mass is 10.3. The molecule has 1 heterocycles. The van der Waals surface area contributed by atoms with Gasteiger partial charge in [-0.3, -0.25) is 4.79 Å². The number of ether oxygens (including phenoxy) is 1. The van der Waals surface area contributed by atoms with Crippen LogP contribution in [0, 0.1) is 0 Å². The Morgan fingerprint density at radius 1 is 1.17 bits per heavy atom. The smallest absolute Gasteiger partial charge is 0.234 e. The van der Waals surface area contributed by atoms with E-state index >= 15 is 0 Å². The first-order valence-corrected chi connectivity index (χ1v) is 8.92. The maximum Gasteiger partial charge on any atom is 0.234 e. The number of pyridine rings is 1. The van der Waals surface area contributed by atoms with E-state index in [2.05, 4.69) is 29.0 Å². The molecule has 0 bridgehead atoms. The van der Waals surface area contributed by atoms with Crippen molar-refractivity contribution >= 4 is 29.2 Å². The van der Waals surface area contributed by atoms with Crippen LogP contribution in [0.15, 0.2) is 47.5 Å². The van der Waals surface area contributed by atoms with E-state index in [0.717, 1.165) is 29.6 Å². The van der Waals surface area contributed by atoms with E-state index in [-0.39, 0.29) is 5.91 Å².